The van der Waals surface area contributed by atoms with Gasteiger partial charge in [0.15, 0.2) is 5.78 Å². The summed E-state index contributed by atoms with van der Waals surface area (Å²) in [4.78, 5) is 10.6. The smallest absolute Gasteiger partial charge is 0.189 e. The first-order chi connectivity index (χ1) is 5.49. The summed E-state index contributed by atoms with van der Waals surface area (Å²) in [7, 11) is 0. The molecule has 5 nitrogen and oxygen atoms in total. The molecule has 0 rings (SSSR count). The predicted octanol–water partition coefficient (Wildman–Crippen LogP) is -1.96. The fourth-order valence-corrected chi connectivity index (χ4v) is 0.786. The van der Waals surface area contributed by atoms with Crippen molar-refractivity contribution in [2.75, 3.05) is 6.61 Å². The van der Waals surface area contributed by atoms with Gasteiger partial charge in [0.2, 0.25) is 0 Å². The van der Waals surface area contributed by atoms with Crippen LogP contribution < -0.4 is 0 Å². The highest BCUT2D eigenvalue weighted by Crippen LogP contribution is 2.03. The third kappa shape index (κ3) is 3.77. The average Bonchev–Trinajstić information content (AvgIpc) is 2.00. The number of ketones is 1. The van der Waals surface area contributed by atoms with Crippen LogP contribution in [0.3, 0.4) is 0 Å². The lowest BCUT2D eigenvalue weighted by Gasteiger charge is -2.16. The maximum atomic E-state index is 10.6. The third-order valence-corrected chi connectivity index (χ3v) is 1.43. The van der Waals surface area contributed by atoms with Gasteiger partial charge in [-0.1, -0.05) is 0 Å². The standard InChI is InChI=1S/C7H14O5/c1-4(9)2-5(10)7(12)6(11)3-8/h4-5,7-10,12H,2-3H2,1H3/t4?,5-,7+/m1/s1. The van der Waals surface area contributed by atoms with Gasteiger partial charge >= 0.3 is 0 Å². The van der Waals surface area contributed by atoms with E-state index in [1.807, 2.05) is 0 Å². The number of aliphatic hydroxyl groups excluding tert-OH is 4. The lowest BCUT2D eigenvalue weighted by molar-refractivity contribution is -0.136. The van der Waals surface area contributed by atoms with Crippen LogP contribution in [0, 0.1) is 0 Å². The van der Waals surface area contributed by atoms with E-state index in [1.54, 1.807) is 0 Å². The normalized spacial score (nSPS) is 18.4. The Morgan fingerprint density at radius 3 is 2.17 bits per heavy atom. The maximum absolute atomic E-state index is 10.6. The minimum atomic E-state index is -1.61. The molecule has 0 aromatic rings. The molecule has 0 spiro atoms. The molecule has 0 heterocycles. The van der Waals surface area contributed by atoms with E-state index in [1.165, 1.54) is 6.92 Å². The first-order valence-electron chi connectivity index (χ1n) is 3.66. The van der Waals surface area contributed by atoms with Crippen molar-refractivity contribution in [1.82, 2.24) is 0 Å². The summed E-state index contributed by atoms with van der Waals surface area (Å²) in [6.07, 6.45) is -3.80. The minimum Gasteiger partial charge on any atom is -0.393 e. The number of aliphatic hydroxyl groups is 4. The second-order valence-electron chi connectivity index (χ2n) is 2.72. The number of hydrogen-bond donors (Lipinski definition) is 4. The van der Waals surface area contributed by atoms with E-state index in [2.05, 4.69) is 0 Å². The molecule has 1 unspecified atom stereocenters. The zero-order valence-electron chi connectivity index (χ0n) is 6.84. The average molecular weight is 178 g/mol. The summed E-state index contributed by atoms with van der Waals surface area (Å²) in [5, 5.41) is 35.1. The van der Waals surface area contributed by atoms with Crippen LogP contribution in [0.1, 0.15) is 13.3 Å². The van der Waals surface area contributed by atoms with Crippen molar-refractivity contribution in [1.29, 1.82) is 0 Å². The van der Waals surface area contributed by atoms with Gasteiger partial charge in [-0.15, -0.1) is 0 Å². The van der Waals surface area contributed by atoms with Crippen LogP contribution in [0.5, 0.6) is 0 Å². The molecule has 0 aliphatic rings. The van der Waals surface area contributed by atoms with E-state index in [0.717, 1.165) is 0 Å². The molecule has 72 valence electrons. The minimum absolute atomic E-state index is 0.0904. The van der Waals surface area contributed by atoms with E-state index in [-0.39, 0.29) is 6.42 Å². The first kappa shape index (κ1) is 11.5. The van der Waals surface area contributed by atoms with Crippen LogP contribution in [0.15, 0.2) is 0 Å². The Balaban J connectivity index is 3.91. The van der Waals surface area contributed by atoms with Gasteiger partial charge in [-0.2, -0.15) is 0 Å². The van der Waals surface area contributed by atoms with E-state index in [0.29, 0.717) is 0 Å². The molecule has 5 heteroatoms. The van der Waals surface area contributed by atoms with Gasteiger partial charge in [0.1, 0.15) is 12.7 Å². The number of hydrogen-bond acceptors (Lipinski definition) is 5. The van der Waals surface area contributed by atoms with Crippen molar-refractivity contribution in [2.24, 2.45) is 0 Å². The van der Waals surface area contributed by atoms with Crippen LogP contribution in [-0.4, -0.2) is 51.1 Å². The zero-order chi connectivity index (χ0) is 9.72. The second-order valence-corrected chi connectivity index (χ2v) is 2.72. The molecule has 0 aliphatic carbocycles. The van der Waals surface area contributed by atoms with Crippen molar-refractivity contribution in [3.63, 3.8) is 0 Å². The Labute approximate surface area is 70.3 Å². The Kier molecular flexibility index (Phi) is 5.00. The Hall–Kier alpha value is -0.490. The van der Waals surface area contributed by atoms with E-state index < -0.39 is 30.7 Å². The molecule has 0 saturated heterocycles. The maximum Gasteiger partial charge on any atom is 0.189 e. The molecule has 4 N–H and O–H groups in total. The van der Waals surface area contributed by atoms with Gasteiger partial charge in [0.25, 0.3) is 0 Å². The summed E-state index contributed by atoms with van der Waals surface area (Å²) in [5.74, 6) is -0.844. The molecule has 0 radical (unpaired) electrons. The number of carbonyl (C=O) groups is 1. The Morgan fingerprint density at radius 1 is 1.33 bits per heavy atom. The first-order valence-corrected chi connectivity index (χ1v) is 3.66. The lowest BCUT2D eigenvalue weighted by atomic mass is 10.0. The largest absolute Gasteiger partial charge is 0.393 e. The molecule has 0 aliphatic heterocycles. The van der Waals surface area contributed by atoms with Gasteiger partial charge in [-0.05, 0) is 6.92 Å². The monoisotopic (exact) mass is 178 g/mol. The van der Waals surface area contributed by atoms with Gasteiger partial charge in [0, 0.05) is 6.42 Å². The second kappa shape index (κ2) is 5.21. The van der Waals surface area contributed by atoms with Crippen molar-refractivity contribution in [2.45, 2.75) is 31.7 Å². The SMILES string of the molecule is CC(O)C[C@@H](O)[C@H](O)C(=O)CO. The highest BCUT2D eigenvalue weighted by Gasteiger charge is 2.24. The quantitative estimate of drug-likeness (QED) is 0.392. The molecular weight excluding hydrogens is 164 g/mol. The molecule has 12 heavy (non-hydrogen) atoms. The van der Waals surface area contributed by atoms with E-state index in [9.17, 15) is 4.79 Å². The topological polar surface area (TPSA) is 98.0 Å². The highest BCUT2D eigenvalue weighted by molar-refractivity contribution is 5.84. The molecule has 0 saturated carbocycles. The van der Waals surface area contributed by atoms with E-state index >= 15 is 0 Å². The summed E-state index contributed by atoms with van der Waals surface area (Å²) >= 11 is 0. The van der Waals surface area contributed by atoms with Crippen molar-refractivity contribution in [3.8, 4) is 0 Å². The molecular formula is C7H14O5. The summed E-state index contributed by atoms with van der Waals surface area (Å²) in [5.41, 5.74) is 0. The molecule has 0 amide bonds. The van der Waals surface area contributed by atoms with Gasteiger partial charge in [-0.3, -0.25) is 4.79 Å². The number of Topliss-reactive ketones (excluding diaryl/α,β-unsaturated/α-hetero) is 1. The Bertz CT molecular complexity index is 145. The number of rotatable bonds is 5. The van der Waals surface area contributed by atoms with Crippen LogP contribution >= 0.6 is 0 Å². The Morgan fingerprint density at radius 2 is 1.83 bits per heavy atom. The van der Waals surface area contributed by atoms with Crippen LogP contribution in [0.4, 0.5) is 0 Å². The van der Waals surface area contributed by atoms with Gasteiger partial charge < -0.3 is 20.4 Å². The highest BCUT2D eigenvalue weighted by atomic mass is 16.3. The predicted molar refractivity (Wildman–Crippen MR) is 40.4 cm³/mol. The summed E-state index contributed by atoms with van der Waals surface area (Å²) in [6, 6.07) is 0. The lowest BCUT2D eigenvalue weighted by Crippen LogP contribution is -2.37. The summed E-state index contributed by atoms with van der Waals surface area (Å²) < 4.78 is 0. The number of carbonyl (C=O) groups excluding carboxylic acids is 1. The fraction of sp³-hybridized carbons (Fsp3) is 0.857. The van der Waals surface area contributed by atoms with Crippen molar-refractivity contribution < 1.29 is 25.2 Å². The molecule has 0 bridgehead atoms. The molecule has 3 atom stereocenters. The van der Waals surface area contributed by atoms with Gasteiger partial charge in [-0.25, -0.2) is 0 Å². The molecule has 0 fully saturated rings. The zero-order valence-corrected chi connectivity index (χ0v) is 6.84. The van der Waals surface area contributed by atoms with Crippen LogP contribution in [0.2, 0.25) is 0 Å². The van der Waals surface area contributed by atoms with Crippen molar-refractivity contribution in [3.05, 3.63) is 0 Å². The molecule has 0 aromatic carbocycles. The van der Waals surface area contributed by atoms with Crippen molar-refractivity contribution >= 4 is 5.78 Å². The van der Waals surface area contributed by atoms with Crippen LogP contribution in [-0.2, 0) is 4.79 Å². The summed E-state index contributed by atoms with van der Waals surface area (Å²) in [6.45, 7) is 0.622. The molecule has 0 aromatic heterocycles. The van der Waals surface area contributed by atoms with Gasteiger partial charge in [0.05, 0.1) is 12.2 Å². The third-order valence-electron chi connectivity index (χ3n) is 1.43. The van der Waals surface area contributed by atoms with E-state index in [4.69, 9.17) is 20.4 Å². The van der Waals surface area contributed by atoms with Crippen LogP contribution in [0.25, 0.3) is 0 Å². The fourth-order valence-electron chi connectivity index (χ4n) is 0.786.